The van der Waals surface area contributed by atoms with Crippen LogP contribution >= 0.6 is 0 Å². The lowest BCUT2D eigenvalue weighted by Gasteiger charge is -2.21. The first-order valence-electron chi connectivity index (χ1n) is 8.40. The van der Waals surface area contributed by atoms with Crippen molar-refractivity contribution in [3.05, 3.63) is 59.9 Å². The summed E-state index contributed by atoms with van der Waals surface area (Å²) in [4.78, 5) is 12.4. The van der Waals surface area contributed by atoms with Crippen LogP contribution in [0.5, 0.6) is 11.5 Å². The second kappa shape index (κ2) is 9.06. The minimum atomic E-state index is -0.633. The second-order valence-electron chi connectivity index (χ2n) is 5.95. The van der Waals surface area contributed by atoms with Gasteiger partial charge in [0.25, 0.3) is 5.91 Å². The molecule has 2 atom stereocenters. The van der Waals surface area contributed by atoms with Crippen molar-refractivity contribution in [3.8, 4) is 11.5 Å². The van der Waals surface area contributed by atoms with Gasteiger partial charge in [0.1, 0.15) is 23.9 Å². The third kappa shape index (κ3) is 5.78. The van der Waals surface area contributed by atoms with Crippen LogP contribution in [-0.4, -0.2) is 24.7 Å². The summed E-state index contributed by atoms with van der Waals surface area (Å²) >= 11 is 0. The predicted molar refractivity (Wildman–Crippen MR) is 95.4 cm³/mol. The molecule has 0 aromatic heterocycles. The molecule has 25 heavy (non-hydrogen) atoms. The molecule has 0 fully saturated rings. The minimum Gasteiger partial charge on any atom is -0.491 e. The largest absolute Gasteiger partial charge is 0.491 e. The highest BCUT2D eigenvalue weighted by Crippen LogP contribution is 2.17. The van der Waals surface area contributed by atoms with Crippen molar-refractivity contribution in [3.63, 3.8) is 0 Å². The lowest BCUT2D eigenvalue weighted by molar-refractivity contribution is -0.128. The number of carbonyl (C=O) groups excluding carboxylic acids is 1. The van der Waals surface area contributed by atoms with E-state index in [9.17, 15) is 9.18 Å². The standard InChI is InChI=1S/C20H24FNO3/c1-4-18(25-17-11-9-16(21)10-12-17)20(23)22-15(3)13-24-19-8-6-5-7-14(19)2/h5-12,15,18H,4,13H2,1-3H3,(H,22,23)/t15-,18+/m1/s1. The first-order valence-corrected chi connectivity index (χ1v) is 8.40. The summed E-state index contributed by atoms with van der Waals surface area (Å²) in [5.74, 6) is 0.713. The molecule has 5 heteroatoms. The van der Waals surface area contributed by atoms with Gasteiger partial charge in [-0.05, 0) is 56.2 Å². The molecule has 0 aliphatic heterocycles. The highest BCUT2D eigenvalue weighted by Gasteiger charge is 2.20. The average molecular weight is 345 g/mol. The highest BCUT2D eigenvalue weighted by molar-refractivity contribution is 5.81. The lowest BCUT2D eigenvalue weighted by atomic mass is 10.2. The molecule has 2 aromatic rings. The van der Waals surface area contributed by atoms with Crippen molar-refractivity contribution in [2.75, 3.05) is 6.61 Å². The maximum Gasteiger partial charge on any atom is 0.261 e. The zero-order valence-electron chi connectivity index (χ0n) is 14.8. The van der Waals surface area contributed by atoms with Gasteiger partial charge in [0, 0.05) is 0 Å². The number of hydrogen-bond acceptors (Lipinski definition) is 3. The Hall–Kier alpha value is -2.56. The number of carbonyl (C=O) groups is 1. The highest BCUT2D eigenvalue weighted by atomic mass is 19.1. The first-order chi connectivity index (χ1) is 12.0. The number of amides is 1. The number of halogens is 1. The molecule has 0 heterocycles. The van der Waals surface area contributed by atoms with Crippen molar-refractivity contribution in [2.45, 2.75) is 39.3 Å². The Morgan fingerprint density at radius 2 is 1.84 bits per heavy atom. The van der Waals surface area contributed by atoms with Crippen LogP contribution in [-0.2, 0) is 4.79 Å². The molecule has 0 saturated carbocycles. The molecule has 0 radical (unpaired) electrons. The number of aryl methyl sites for hydroxylation is 1. The van der Waals surface area contributed by atoms with Gasteiger partial charge in [0.05, 0.1) is 6.04 Å². The molecule has 0 spiro atoms. The van der Waals surface area contributed by atoms with Crippen LogP contribution in [0.15, 0.2) is 48.5 Å². The molecule has 0 saturated heterocycles. The Balaban J connectivity index is 1.85. The molecule has 134 valence electrons. The van der Waals surface area contributed by atoms with Gasteiger partial charge in [-0.1, -0.05) is 25.1 Å². The number of ether oxygens (including phenoxy) is 2. The summed E-state index contributed by atoms with van der Waals surface area (Å²) in [5.41, 5.74) is 1.05. The Kier molecular flexibility index (Phi) is 6.81. The van der Waals surface area contributed by atoms with E-state index >= 15 is 0 Å². The Morgan fingerprint density at radius 1 is 1.16 bits per heavy atom. The minimum absolute atomic E-state index is 0.169. The van der Waals surface area contributed by atoms with Gasteiger partial charge < -0.3 is 14.8 Å². The van der Waals surface area contributed by atoms with E-state index in [2.05, 4.69) is 5.32 Å². The van der Waals surface area contributed by atoms with Crippen molar-refractivity contribution in [2.24, 2.45) is 0 Å². The summed E-state index contributed by atoms with van der Waals surface area (Å²) in [6.45, 7) is 6.08. The number of benzene rings is 2. The molecule has 1 N–H and O–H groups in total. The maximum absolute atomic E-state index is 12.9. The summed E-state index contributed by atoms with van der Waals surface area (Å²) in [6, 6.07) is 13.2. The van der Waals surface area contributed by atoms with E-state index < -0.39 is 6.10 Å². The summed E-state index contributed by atoms with van der Waals surface area (Å²) < 4.78 is 24.3. The van der Waals surface area contributed by atoms with Crippen molar-refractivity contribution >= 4 is 5.91 Å². The van der Waals surface area contributed by atoms with Crippen LogP contribution in [0, 0.1) is 12.7 Å². The number of rotatable bonds is 8. The van der Waals surface area contributed by atoms with Gasteiger partial charge >= 0.3 is 0 Å². The number of nitrogens with one attached hydrogen (secondary N) is 1. The number of hydrogen-bond donors (Lipinski definition) is 1. The van der Waals surface area contributed by atoms with E-state index in [0.717, 1.165) is 11.3 Å². The molecular formula is C20H24FNO3. The van der Waals surface area contributed by atoms with Crippen LogP contribution in [0.2, 0.25) is 0 Å². The predicted octanol–water partition coefficient (Wildman–Crippen LogP) is 3.88. The molecule has 1 amide bonds. The molecule has 2 aromatic carbocycles. The van der Waals surface area contributed by atoms with Gasteiger partial charge in [-0.3, -0.25) is 4.79 Å². The number of para-hydroxylation sites is 1. The third-order valence-corrected chi connectivity index (χ3v) is 3.73. The normalized spacial score (nSPS) is 13.0. The molecule has 0 unspecified atom stereocenters. The molecular weight excluding hydrogens is 321 g/mol. The summed E-state index contributed by atoms with van der Waals surface area (Å²) in [6.07, 6.45) is -0.124. The Labute approximate surface area is 148 Å². The fraction of sp³-hybridized carbons (Fsp3) is 0.350. The zero-order valence-corrected chi connectivity index (χ0v) is 14.8. The molecule has 0 aliphatic carbocycles. The van der Waals surface area contributed by atoms with Gasteiger partial charge in [-0.25, -0.2) is 4.39 Å². The van der Waals surface area contributed by atoms with Crippen molar-refractivity contribution in [1.29, 1.82) is 0 Å². The smallest absolute Gasteiger partial charge is 0.261 e. The van der Waals surface area contributed by atoms with E-state index in [1.807, 2.05) is 45.0 Å². The zero-order chi connectivity index (χ0) is 18.2. The lowest BCUT2D eigenvalue weighted by Crippen LogP contribution is -2.44. The first kappa shape index (κ1) is 18.8. The second-order valence-corrected chi connectivity index (χ2v) is 5.95. The fourth-order valence-electron chi connectivity index (χ4n) is 2.31. The van der Waals surface area contributed by atoms with E-state index in [-0.39, 0.29) is 17.8 Å². The SMILES string of the molecule is CC[C@H](Oc1ccc(F)cc1)C(=O)N[C@H](C)COc1ccccc1C. The molecule has 4 nitrogen and oxygen atoms in total. The van der Waals surface area contributed by atoms with Crippen LogP contribution in [0.25, 0.3) is 0 Å². The molecule has 0 bridgehead atoms. The van der Waals surface area contributed by atoms with Gasteiger partial charge in [-0.15, -0.1) is 0 Å². The fourth-order valence-corrected chi connectivity index (χ4v) is 2.31. The van der Waals surface area contributed by atoms with E-state index in [4.69, 9.17) is 9.47 Å². The van der Waals surface area contributed by atoms with E-state index in [1.54, 1.807) is 0 Å². The topological polar surface area (TPSA) is 47.6 Å². The summed E-state index contributed by atoms with van der Waals surface area (Å²) in [5, 5.41) is 2.89. The van der Waals surface area contributed by atoms with Crippen molar-refractivity contribution < 1.29 is 18.7 Å². The third-order valence-electron chi connectivity index (χ3n) is 3.73. The van der Waals surface area contributed by atoms with Gasteiger partial charge in [-0.2, -0.15) is 0 Å². The van der Waals surface area contributed by atoms with Crippen molar-refractivity contribution in [1.82, 2.24) is 5.32 Å². The van der Waals surface area contributed by atoms with Crippen LogP contribution in [0.4, 0.5) is 4.39 Å². The van der Waals surface area contributed by atoms with Gasteiger partial charge in [0.2, 0.25) is 0 Å². The quantitative estimate of drug-likeness (QED) is 0.790. The Morgan fingerprint density at radius 3 is 2.48 bits per heavy atom. The van der Waals surface area contributed by atoms with Crippen LogP contribution < -0.4 is 14.8 Å². The molecule has 2 rings (SSSR count). The molecule has 0 aliphatic rings. The summed E-state index contributed by atoms with van der Waals surface area (Å²) in [7, 11) is 0. The van der Waals surface area contributed by atoms with Crippen LogP contribution in [0.1, 0.15) is 25.8 Å². The monoisotopic (exact) mass is 345 g/mol. The average Bonchev–Trinajstić information content (AvgIpc) is 2.60. The van der Waals surface area contributed by atoms with E-state index in [1.165, 1.54) is 24.3 Å². The van der Waals surface area contributed by atoms with E-state index in [0.29, 0.717) is 18.8 Å². The van der Waals surface area contributed by atoms with Crippen LogP contribution in [0.3, 0.4) is 0 Å². The van der Waals surface area contributed by atoms with Gasteiger partial charge in [0.15, 0.2) is 6.10 Å². The maximum atomic E-state index is 12.9. The Bertz CT molecular complexity index is 688.